The molecule has 1 atom stereocenters. The Morgan fingerprint density at radius 1 is 1.36 bits per heavy atom. The maximum Gasteiger partial charge on any atom is 0.305 e. The molecule has 0 bridgehead atoms. The molecular formula is C17H22N2O5S. The quantitative estimate of drug-likeness (QED) is 0.754. The molecule has 1 aliphatic heterocycles. The molecule has 7 nitrogen and oxygen atoms in total. The van der Waals surface area contributed by atoms with Gasteiger partial charge in [-0.1, -0.05) is 12.1 Å². The number of benzene rings is 1. The molecule has 0 saturated carbocycles. The van der Waals surface area contributed by atoms with Crippen molar-refractivity contribution in [1.29, 1.82) is 0 Å². The lowest BCUT2D eigenvalue weighted by atomic mass is 10.1. The molecule has 25 heavy (non-hydrogen) atoms. The third-order valence-electron chi connectivity index (χ3n) is 3.79. The van der Waals surface area contributed by atoms with Gasteiger partial charge in [0.1, 0.15) is 5.75 Å². The molecule has 8 heteroatoms. The molecule has 2 amide bonds. The summed E-state index contributed by atoms with van der Waals surface area (Å²) in [4.78, 5) is 37.3. The first-order valence-corrected chi connectivity index (χ1v) is 9.27. The largest absolute Gasteiger partial charge is 0.493 e. The Morgan fingerprint density at radius 3 is 2.84 bits per heavy atom. The number of ether oxygens (including phenoxy) is 1. The molecule has 0 aromatic heterocycles. The zero-order valence-electron chi connectivity index (χ0n) is 14.1. The van der Waals surface area contributed by atoms with Gasteiger partial charge in [-0.3, -0.25) is 14.4 Å². The Morgan fingerprint density at radius 2 is 2.12 bits per heavy atom. The van der Waals surface area contributed by atoms with E-state index < -0.39 is 11.9 Å². The van der Waals surface area contributed by atoms with E-state index >= 15 is 0 Å². The summed E-state index contributed by atoms with van der Waals surface area (Å²) in [5.74, 6) is 0.239. The van der Waals surface area contributed by atoms with Crippen LogP contribution in [-0.2, 0) is 9.59 Å². The number of amides is 2. The average molecular weight is 366 g/mol. The predicted molar refractivity (Wildman–Crippen MR) is 95.0 cm³/mol. The van der Waals surface area contributed by atoms with Crippen LogP contribution < -0.4 is 10.1 Å². The number of carbonyl (C=O) groups excluding carboxylic acids is 2. The molecule has 1 aliphatic rings. The number of nitrogens with zero attached hydrogens (tertiary/aromatic N) is 1. The summed E-state index contributed by atoms with van der Waals surface area (Å²) in [6.45, 7) is 2.59. The highest BCUT2D eigenvalue weighted by molar-refractivity contribution is 7.99. The van der Waals surface area contributed by atoms with Crippen LogP contribution in [0.4, 0.5) is 0 Å². The van der Waals surface area contributed by atoms with E-state index in [0.29, 0.717) is 30.2 Å². The fourth-order valence-corrected chi connectivity index (χ4v) is 3.70. The van der Waals surface area contributed by atoms with Crippen molar-refractivity contribution in [3.63, 3.8) is 0 Å². The topological polar surface area (TPSA) is 95.9 Å². The zero-order chi connectivity index (χ0) is 18.2. The summed E-state index contributed by atoms with van der Waals surface area (Å²) in [6.07, 6.45) is -0.0835. The van der Waals surface area contributed by atoms with Gasteiger partial charge >= 0.3 is 5.97 Å². The number of aliphatic carboxylic acids is 1. The fourth-order valence-electron chi connectivity index (χ4n) is 2.64. The van der Waals surface area contributed by atoms with Gasteiger partial charge in [-0.05, 0) is 19.1 Å². The molecule has 0 aliphatic carbocycles. The Kier molecular flexibility index (Phi) is 7.12. The van der Waals surface area contributed by atoms with E-state index in [1.165, 1.54) is 0 Å². The van der Waals surface area contributed by atoms with E-state index in [1.807, 2.05) is 6.92 Å². The molecule has 2 rings (SSSR count). The molecule has 1 heterocycles. The van der Waals surface area contributed by atoms with Crippen LogP contribution in [0.25, 0.3) is 0 Å². The van der Waals surface area contributed by atoms with Crippen molar-refractivity contribution in [3.05, 3.63) is 29.8 Å². The Balaban J connectivity index is 1.96. The lowest BCUT2D eigenvalue weighted by molar-refractivity contribution is -0.140. The Labute approximate surface area is 150 Å². The Bertz CT molecular complexity index is 637. The maximum atomic E-state index is 12.4. The first-order chi connectivity index (χ1) is 12.0. The summed E-state index contributed by atoms with van der Waals surface area (Å²) >= 11 is 1.63. The van der Waals surface area contributed by atoms with Crippen molar-refractivity contribution in [2.24, 2.45) is 0 Å². The highest BCUT2D eigenvalue weighted by atomic mass is 32.2. The zero-order valence-corrected chi connectivity index (χ0v) is 14.9. The third kappa shape index (κ3) is 5.38. The van der Waals surface area contributed by atoms with Crippen LogP contribution in [-0.4, -0.2) is 65.0 Å². The number of hydrogen-bond donors (Lipinski definition) is 2. The molecular weight excluding hydrogens is 344 g/mol. The molecule has 1 unspecified atom stereocenters. The second kappa shape index (κ2) is 9.31. The standard InChI is InChI=1S/C17H22N2O5S/c1-2-24-14-6-4-3-5-13(14)17(23)18-10-15(20)19-7-8-25-11-12(19)9-16(21)22/h3-6,12H,2,7-11H2,1H3,(H,18,23)(H,21,22). The minimum absolute atomic E-state index is 0.0835. The van der Waals surface area contributed by atoms with E-state index in [2.05, 4.69) is 5.32 Å². The van der Waals surface area contributed by atoms with Crippen LogP contribution >= 0.6 is 11.8 Å². The van der Waals surface area contributed by atoms with E-state index in [0.717, 1.165) is 5.75 Å². The van der Waals surface area contributed by atoms with Crippen molar-refractivity contribution < 1.29 is 24.2 Å². The van der Waals surface area contributed by atoms with Crippen LogP contribution in [0, 0.1) is 0 Å². The number of carboxylic acid groups (broad SMARTS) is 1. The minimum atomic E-state index is -0.931. The molecule has 1 aromatic carbocycles. The van der Waals surface area contributed by atoms with E-state index in [9.17, 15) is 14.4 Å². The summed E-state index contributed by atoms with van der Waals surface area (Å²) < 4.78 is 5.42. The van der Waals surface area contributed by atoms with E-state index in [1.54, 1.807) is 40.9 Å². The van der Waals surface area contributed by atoms with Crippen molar-refractivity contribution in [1.82, 2.24) is 10.2 Å². The number of thioether (sulfide) groups is 1. The van der Waals surface area contributed by atoms with Crippen LogP contribution in [0.2, 0.25) is 0 Å². The van der Waals surface area contributed by atoms with Gasteiger partial charge in [0.2, 0.25) is 5.91 Å². The molecule has 1 saturated heterocycles. The summed E-state index contributed by atoms with van der Waals surface area (Å²) in [6, 6.07) is 6.50. The summed E-state index contributed by atoms with van der Waals surface area (Å²) in [5, 5.41) is 11.6. The minimum Gasteiger partial charge on any atom is -0.493 e. The first kappa shape index (κ1) is 19.1. The van der Waals surface area contributed by atoms with Crippen molar-refractivity contribution in [3.8, 4) is 5.75 Å². The van der Waals surface area contributed by atoms with Crippen molar-refractivity contribution in [2.75, 3.05) is 31.2 Å². The number of nitrogens with one attached hydrogen (secondary N) is 1. The number of carboxylic acids is 1. The van der Waals surface area contributed by atoms with Gasteiger partial charge in [0, 0.05) is 18.1 Å². The summed E-state index contributed by atoms with van der Waals surface area (Å²) in [5.41, 5.74) is 0.369. The second-order valence-corrected chi connectivity index (χ2v) is 6.68. The molecule has 136 valence electrons. The number of para-hydroxylation sites is 1. The third-order valence-corrected chi connectivity index (χ3v) is 4.88. The predicted octanol–water partition coefficient (Wildman–Crippen LogP) is 1.23. The van der Waals surface area contributed by atoms with Crippen LogP contribution in [0.5, 0.6) is 5.75 Å². The monoisotopic (exact) mass is 366 g/mol. The average Bonchev–Trinajstić information content (AvgIpc) is 2.60. The van der Waals surface area contributed by atoms with E-state index in [-0.39, 0.29) is 24.9 Å². The number of carbonyl (C=O) groups is 3. The van der Waals surface area contributed by atoms with Crippen molar-refractivity contribution >= 4 is 29.5 Å². The van der Waals surface area contributed by atoms with Crippen LogP contribution in [0.15, 0.2) is 24.3 Å². The number of rotatable bonds is 7. The lowest BCUT2D eigenvalue weighted by Crippen LogP contribution is -2.50. The SMILES string of the molecule is CCOc1ccccc1C(=O)NCC(=O)N1CCSCC1CC(=O)O. The Hall–Kier alpha value is -2.22. The van der Waals surface area contributed by atoms with E-state index in [4.69, 9.17) is 9.84 Å². The van der Waals surface area contributed by atoms with Gasteiger partial charge in [-0.25, -0.2) is 0 Å². The van der Waals surface area contributed by atoms with Gasteiger partial charge in [0.25, 0.3) is 5.91 Å². The van der Waals surface area contributed by atoms with Gasteiger partial charge in [0.05, 0.1) is 31.2 Å². The number of hydrogen-bond acceptors (Lipinski definition) is 5. The summed E-state index contributed by atoms with van der Waals surface area (Å²) in [7, 11) is 0. The van der Waals surface area contributed by atoms with Gasteiger partial charge in [-0.2, -0.15) is 11.8 Å². The molecule has 1 aromatic rings. The van der Waals surface area contributed by atoms with Crippen molar-refractivity contribution in [2.45, 2.75) is 19.4 Å². The van der Waals surface area contributed by atoms with Gasteiger partial charge < -0.3 is 20.1 Å². The highest BCUT2D eigenvalue weighted by Crippen LogP contribution is 2.20. The molecule has 2 N–H and O–H groups in total. The van der Waals surface area contributed by atoms with Crippen LogP contribution in [0.3, 0.4) is 0 Å². The smallest absolute Gasteiger partial charge is 0.305 e. The van der Waals surface area contributed by atoms with Gasteiger partial charge in [0.15, 0.2) is 0 Å². The fraction of sp³-hybridized carbons (Fsp3) is 0.471. The maximum absolute atomic E-state index is 12.4. The first-order valence-electron chi connectivity index (χ1n) is 8.12. The molecule has 0 spiro atoms. The highest BCUT2D eigenvalue weighted by Gasteiger charge is 2.29. The molecule has 1 fully saturated rings. The second-order valence-electron chi connectivity index (χ2n) is 5.53. The van der Waals surface area contributed by atoms with Crippen LogP contribution in [0.1, 0.15) is 23.7 Å². The molecule has 0 radical (unpaired) electrons. The lowest BCUT2D eigenvalue weighted by Gasteiger charge is -2.34. The normalized spacial score (nSPS) is 17.0. The van der Waals surface area contributed by atoms with Gasteiger partial charge in [-0.15, -0.1) is 0 Å².